The SMILES string of the molecule is COc1cc2c(c(OC)c1)[C@H](c1ccc(Cl)c(Cl)c1)CC(=O)N2. The first kappa shape index (κ1) is 16.0. The second kappa shape index (κ2) is 6.30. The molecule has 1 atom stereocenters. The minimum absolute atomic E-state index is 0.0659. The lowest BCUT2D eigenvalue weighted by Gasteiger charge is -2.28. The van der Waals surface area contributed by atoms with E-state index in [0.717, 1.165) is 11.1 Å². The number of anilines is 1. The molecule has 0 spiro atoms. The van der Waals surface area contributed by atoms with Crippen molar-refractivity contribution in [2.75, 3.05) is 19.5 Å². The summed E-state index contributed by atoms with van der Waals surface area (Å²) in [6.45, 7) is 0. The van der Waals surface area contributed by atoms with Crippen LogP contribution < -0.4 is 14.8 Å². The Balaban J connectivity index is 2.17. The predicted octanol–water partition coefficient (Wildman–Crippen LogP) is 4.48. The summed E-state index contributed by atoms with van der Waals surface area (Å²) in [5.41, 5.74) is 2.51. The Morgan fingerprint density at radius 2 is 1.87 bits per heavy atom. The Morgan fingerprint density at radius 3 is 2.52 bits per heavy atom. The van der Waals surface area contributed by atoms with Gasteiger partial charge in [-0.2, -0.15) is 0 Å². The maximum absolute atomic E-state index is 12.1. The van der Waals surface area contributed by atoms with E-state index in [2.05, 4.69) is 5.32 Å². The molecule has 1 aliphatic heterocycles. The Bertz CT molecular complexity index is 777. The van der Waals surface area contributed by atoms with E-state index in [4.69, 9.17) is 32.7 Å². The number of hydrogen-bond donors (Lipinski definition) is 1. The summed E-state index contributed by atoms with van der Waals surface area (Å²) >= 11 is 12.1. The van der Waals surface area contributed by atoms with Gasteiger partial charge in [-0.15, -0.1) is 0 Å². The molecule has 2 aromatic carbocycles. The van der Waals surface area contributed by atoms with Crippen molar-refractivity contribution < 1.29 is 14.3 Å². The van der Waals surface area contributed by atoms with Crippen molar-refractivity contribution in [2.24, 2.45) is 0 Å². The fraction of sp³-hybridized carbons (Fsp3) is 0.235. The van der Waals surface area contributed by atoms with Gasteiger partial charge in [0, 0.05) is 30.0 Å². The van der Waals surface area contributed by atoms with Gasteiger partial charge in [-0.3, -0.25) is 4.79 Å². The summed E-state index contributed by atoms with van der Waals surface area (Å²) < 4.78 is 10.8. The highest BCUT2D eigenvalue weighted by atomic mass is 35.5. The van der Waals surface area contributed by atoms with E-state index in [-0.39, 0.29) is 11.8 Å². The first-order valence-electron chi connectivity index (χ1n) is 7.04. The van der Waals surface area contributed by atoms with Crippen LogP contribution in [0.5, 0.6) is 11.5 Å². The summed E-state index contributed by atoms with van der Waals surface area (Å²) in [7, 11) is 3.17. The molecule has 1 aliphatic rings. The summed E-state index contributed by atoms with van der Waals surface area (Å²) in [4.78, 5) is 12.1. The number of nitrogens with one attached hydrogen (secondary N) is 1. The van der Waals surface area contributed by atoms with E-state index in [1.807, 2.05) is 6.07 Å². The summed E-state index contributed by atoms with van der Waals surface area (Å²) in [6.07, 6.45) is 0.313. The van der Waals surface area contributed by atoms with Crippen LogP contribution in [0.2, 0.25) is 10.0 Å². The van der Waals surface area contributed by atoms with Crippen LogP contribution in [0, 0.1) is 0 Å². The summed E-state index contributed by atoms with van der Waals surface area (Å²) in [5.74, 6) is 1.06. The zero-order valence-electron chi connectivity index (χ0n) is 12.7. The number of hydrogen-bond acceptors (Lipinski definition) is 3. The maximum Gasteiger partial charge on any atom is 0.225 e. The number of benzene rings is 2. The predicted molar refractivity (Wildman–Crippen MR) is 91.1 cm³/mol. The number of rotatable bonds is 3. The summed E-state index contributed by atoms with van der Waals surface area (Å²) in [6, 6.07) is 9.01. The minimum atomic E-state index is -0.158. The third kappa shape index (κ3) is 2.96. The first-order valence-corrected chi connectivity index (χ1v) is 7.79. The smallest absolute Gasteiger partial charge is 0.225 e. The van der Waals surface area contributed by atoms with Crippen molar-refractivity contribution in [1.29, 1.82) is 0 Å². The summed E-state index contributed by atoms with van der Waals surface area (Å²) in [5, 5.41) is 3.82. The molecule has 3 rings (SSSR count). The van der Waals surface area contributed by atoms with Gasteiger partial charge in [0.2, 0.25) is 5.91 Å². The molecule has 4 nitrogen and oxygen atoms in total. The minimum Gasteiger partial charge on any atom is -0.497 e. The van der Waals surface area contributed by atoms with E-state index in [9.17, 15) is 4.79 Å². The second-order valence-corrected chi connectivity index (χ2v) is 6.08. The highest BCUT2D eigenvalue weighted by molar-refractivity contribution is 6.42. The molecule has 1 heterocycles. The fourth-order valence-electron chi connectivity index (χ4n) is 2.85. The number of ether oxygens (including phenoxy) is 2. The van der Waals surface area contributed by atoms with Crippen LogP contribution in [-0.2, 0) is 4.79 Å². The molecule has 120 valence electrons. The average Bonchev–Trinajstić information content (AvgIpc) is 2.55. The van der Waals surface area contributed by atoms with Crippen molar-refractivity contribution in [3.8, 4) is 11.5 Å². The van der Waals surface area contributed by atoms with Crippen molar-refractivity contribution in [1.82, 2.24) is 0 Å². The molecule has 6 heteroatoms. The number of methoxy groups -OCH3 is 2. The molecule has 1 N–H and O–H groups in total. The maximum atomic E-state index is 12.1. The van der Waals surface area contributed by atoms with Gasteiger partial charge in [0.05, 0.1) is 30.0 Å². The van der Waals surface area contributed by atoms with E-state index < -0.39 is 0 Å². The Morgan fingerprint density at radius 1 is 1.09 bits per heavy atom. The van der Waals surface area contributed by atoms with Gasteiger partial charge in [0.25, 0.3) is 0 Å². The highest BCUT2D eigenvalue weighted by Crippen LogP contribution is 2.45. The monoisotopic (exact) mass is 351 g/mol. The van der Waals surface area contributed by atoms with Crippen LogP contribution >= 0.6 is 23.2 Å². The quantitative estimate of drug-likeness (QED) is 0.886. The van der Waals surface area contributed by atoms with E-state index in [0.29, 0.717) is 33.7 Å². The van der Waals surface area contributed by atoms with Crippen LogP contribution in [0.3, 0.4) is 0 Å². The second-order valence-electron chi connectivity index (χ2n) is 5.27. The first-order chi connectivity index (χ1) is 11.0. The van der Waals surface area contributed by atoms with Crippen molar-refractivity contribution in [3.63, 3.8) is 0 Å². The molecule has 23 heavy (non-hydrogen) atoms. The van der Waals surface area contributed by atoms with Gasteiger partial charge in [-0.1, -0.05) is 29.3 Å². The molecule has 2 aromatic rings. The lowest BCUT2D eigenvalue weighted by atomic mass is 9.84. The number of fused-ring (bicyclic) bond motifs is 1. The van der Waals surface area contributed by atoms with Crippen LogP contribution in [0.1, 0.15) is 23.5 Å². The van der Waals surface area contributed by atoms with Crippen molar-refractivity contribution in [2.45, 2.75) is 12.3 Å². The van der Waals surface area contributed by atoms with E-state index in [1.165, 1.54) is 0 Å². The van der Waals surface area contributed by atoms with Gasteiger partial charge in [0.1, 0.15) is 11.5 Å². The van der Waals surface area contributed by atoms with Gasteiger partial charge in [-0.05, 0) is 17.7 Å². The zero-order chi connectivity index (χ0) is 16.6. The molecule has 0 aromatic heterocycles. The standard InChI is InChI=1S/C17H15Cl2NO3/c1-22-10-6-14-17(15(7-10)23-2)11(8-16(21)20-14)9-3-4-12(18)13(19)5-9/h3-7,11H,8H2,1-2H3,(H,20,21)/t11-/m0/s1. The molecule has 0 radical (unpaired) electrons. The Kier molecular flexibility index (Phi) is 4.37. The highest BCUT2D eigenvalue weighted by Gasteiger charge is 2.30. The van der Waals surface area contributed by atoms with Crippen LogP contribution in [0.15, 0.2) is 30.3 Å². The Hall–Kier alpha value is -1.91. The number of amides is 1. The molecule has 0 aliphatic carbocycles. The number of carbonyl (C=O) groups is 1. The van der Waals surface area contributed by atoms with Gasteiger partial charge >= 0.3 is 0 Å². The van der Waals surface area contributed by atoms with Gasteiger partial charge in [-0.25, -0.2) is 0 Å². The van der Waals surface area contributed by atoms with Gasteiger partial charge in [0.15, 0.2) is 0 Å². The molecular formula is C17H15Cl2NO3. The zero-order valence-corrected chi connectivity index (χ0v) is 14.2. The van der Waals surface area contributed by atoms with E-state index >= 15 is 0 Å². The topological polar surface area (TPSA) is 47.6 Å². The number of carbonyl (C=O) groups excluding carboxylic acids is 1. The molecule has 0 unspecified atom stereocenters. The third-order valence-corrected chi connectivity index (χ3v) is 4.67. The number of halogens is 2. The fourth-order valence-corrected chi connectivity index (χ4v) is 3.16. The van der Waals surface area contributed by atoms with Crippen LogP contribution in [0.4, 0.5) is 5.69 Å². The lowest BCUT2D eigenvalue weighted by Crippen LogP contribution is -2.24. The van der Waals surface area contributed by atoms with Crippen LogP contribution in [0.25, 0.3) is 0 Å². The Labute approximate surface area is 144 Å². The third-order valence-electron chi connectivity index (χ3n) is 3.93. The molecule has 1 amide bonds. The molecule has 0 fully saturated rings. The van der Waals surface area contributed by atoms with Crippen molar-refractivity contribution >= 4 is 34.8 Å². The normalized spacial score (nSPS) is 16.5. The largest absolute Gasteiger partial charge is 0.497 e. The van der Waals surface area contributed by atoms with Gasteiger partial charge < -0.3 is 14.8 Å². The molecule has 0 bridgehead atoms. The molecule has 0 saturated heterocycles. The molecule has 0 saturated carbocycles. The molecular weight excluding hydrogens is 337 g/mol. The van der Waals surface area contributed by atoms with E-state index in [1.54, 1.807) is 38.5 Å². The lowest BCUT2D eigenvalue weighted by molar-refractivity contribution is -0.116. The van der Waals surface area contributed by atoms with Crippen molar-refractivity contribution in [3.05, 3.63) is 51.5 Å². The average molecular weight is 352 g/mol. The van der Waals surface area contributed by atoms with Crippen LogP contribution in [-0.4, -0.2) is 20.1 Å².